The fraction of sp³-hybridized carbons (Fsp3) is 0.880. The van der Waals surface area contributed by atoms with E-state index < -0.39 is 0 Å². The predicted molar refractivity (Wildman–Crippen MR) is 122 cm³/mol. The van der Waals surface area contributed by atoms with E-state index in [1.54, 1.807) is 0 Å². The number of rotatable bonds is 22. The van der Waals surface area contributed by atoms with Gasteiger partial charge in [0.25, 0.3) is 0 Å². The molecular formula is C25H49NO2. The average Bonchev–Trinajstić information content (AvgIpc) is 2.68. The number of primary amides is 1. The Morgan fingerprint density at radius 3 is 1.68 bits per heavy atom. The molecular weight excluding hydrogens is 346 g/mol. The molecule has 0 aromatic carbocycles. The van der Waals surface area contributed by atoms with Gasteiger partial charge in [-0.3, -0.25) is 4.79 Å². The van der Waals surface area contributed by atoms with Crippen LogP contribution in [0.25, 0.3) is 0 Å². The van der Waals surface area contributed by atoms with E-state index in [0.29, 0.717) is 18.9 Å². The molecule has 0 rings (SSSR count). The lowest BCUT2D eigenvalue weighted by Gasteiger charge is -2.12. The molecule has 0 aliphatic heterocycles. The van der Waals surface area contributed by atoms with E-state index in [-0.39, 0.29) is 5.91 Å². The highest BCUT2D eigenvalue weighted by molar-refractivity contribution is 5.73. The fourth-order valence-electron chi connectivity index (χ4n) is 3.82. The van der Waals surface area contributed by atoms with E-state index in [0.717, 1.165) is 12.8 Å². The molecule has 0 fully saturated rings. The van der Waals surface area contributed by atoms with Crippen molar-refractivity contribution < 1.29 is 9.90 Å². The van der Waals surface area contributed by atoms with Gasteiger partial charge in [0.1, 0.15) is 0 Å². The van der Waals surface area contributed by atoms with Crippen molar-refractivity contribution in [3.8, 4) is 0 Å². The summed E-state index contributed by atoms with van der Waals surface area (Å²) in [5, 5.41) is 9.30. The Balaban J connectivity index is 3.18. The van der Waals surface area contributed by atoms with Crippen molar-refractivity contribution in [3.63, 3.8) is 0 Å². The third-order valence-corrected chi connectivity index (χ3v) is 5.65. The van der Waals surface area contributed by atoms with Crippen molar-refractivity contribution in [3.05, 3.63) is 12.2 Å². The number of carbonyl (C=O) groups is 1. The number of aliphatic hydroxyl groups is 1. The zero-order chi connectivity index (χ0) is 20.7. The number of carbonyl (C=O) groups excluding carboxylic acids is 1. The number of amides is 1. The van der Waals surface area contributed by atoms with Crippen molar-refractivity contribution >= 4 is 5.91 Å². The zero-order valence-electron chi connectivity index (χ0n) is 18.8. The van der Waals surface area contributed by atoms with E-state index in [4.69, 9.17) is 5.73 Å². The highest BCUT2D eigenvalue weighted by Gasteiger charge is 2.05. The van der Waals surface area contributed by atoms with Gasteiger partial charge in [0, 0.05) is 13.0 Å². The molecule has 0 aliphatic carbocycles. The Bertz CT molecular complexity index is 354. The van der Waals surface area contributed by atoms with Crippen molar-refractivity contribution in [2.75, 3.05) is 6.61 Å². The molecule has 0 saturated carbocycles. The first-order valence-electron chi connectivity index (χ1n) is 12.2. The van der Waals surface area contributed by atoms with Gasteiger partial charge < -0.3 is 10.8 Å². The normalized spacial score (nSPS) is 12.6. The maximum atomic E-state index is 10.6. The van der Waals surface area contributed by atoms with Gasteiger partial charge in [0.05, 0.1) is 0 Å². The van der Waals surface area contributed by atoms with Gasteiger partial charge in [-0.1, -0.05) is 89.7 Å². The molecule has 0 spiro atoms. The monoisotopic (exact) mass is 395 g/mol. The van der Waals surface area contributed by atoms with E-state index in [1.165, 1.54) is 103 Å². The number of allylic oxidation sites excluding steroid dienone is 2. The Morgan fingerprint density at radius 2 is 1.21 bits per heavy atom. The third kappa shape index (κ3) is 21.5. The molecule has 0 heterocycles. The lowest BCUT2D eigenvalue weighted by molar-refractivity contribution is -0.118. The van der Waals surface area contributed by atoms with Gasteiger partial charge in [-0.2, -0.15) is 0 Å². The Labute approximate surface area is 175 Å². The summed E-state index contributed by atoms with van der Waals surface area (Å²) in [6, 6.07) is 0. The number of aliphatic hydroxyl groups excluding tert-OH is 1. The smallest absolute Gasteiger partial charge is 0.217 e. The molecule has 0 bridgehead atoms. The molecule has 166 valence electrons. The minimum atomic E-state index is -0.172. The quantitative estimate of drug-likeness (QED) is 0.152. The van der Waals surface area contributed by atoms with Crippen LogP contribution in [0.5, 0.6) is 0 Å². The van der Waals surface area contributed by atoms with Crippen molar-refractivity contribution in [2.45, 2.75) is 129 Å². The minimum Gasteiger partial charge on any atom is -0.396 e. The number of hydrogen-bond acceptors (Lipinski definition) is 2. The first-order valence-corrected chi connectivity index (χ1v) is 12.2. The van der Waals surface area contributed by atoms with Crippen LogP contribution >= 0.6 is 0 Å². The summed E-state index contributed by atoms with van der Waals surface area (Å²) in [7, 11) is 0. The molecule has 3 N–H and O–H groups in total. The molecule has 0 aromatic rings. The van der Waals surface area contributed by atoms with Crippen molar-refractivity contribution in [2.24, 2.45) is 11.7 Å². The van der Waals surface area contributed by atoms with Crippen molar-refractivity contribution in [1.29, 1.82) is 0 Å². The molecule has 3 nitrogen and oxygen atoms in total. The molecule has 3 heteroatoms. The van der Waals surface area contributed by atoms with Gasteiger partial charge in [0.15, 0.2) is 0 Å². The Hall–Kier alpha value is -0.830. The largest absolute Gasteiger partial charge is 0.396 e. The molecule has 0 aliphatic rings. The predicted octanol–water partition coefficient (Wildman–Crippen LogP) is 7.07. The number of hydrogen-bond donors (Lipinski definition) is 2. The molecule has 1 amide bonds. The van der Waals surface area contributed by atoms with Crippen LogP contribution in [0.2, 0.25) is 0 Å². The van der Waals surface area contributed by atoms with Crippen LogP contribution < -0.4 is 5.73 Å². The standard InChI is InChI=1S/C25H49NO2/c1-2-20-24(23-27)21-18-16-14-12-10-8-6-4-3-5-7-9-11-13-15-17-19-22-25(26)28/h7,9,24,27H,2-6,8,10-23H2,1H3,(H2,26,28)/b9-7-. The topological polar surface area (TPSA) is 63.3 Å². The summed E-state index contributed by atoms with van der Waals surface area (Å²) in [6.45, 7) is 2.58. The molecule has 0 radical (unpaired) electrons. The van der Waals surface area contributed by atoms with Crippen molar-refractivity contribution in [1.82, 2.24) is 0 Å². The van der Waals surface area contributed by atoms with E-state index in [9.17, 15) is 9.90 Å². The molecule has 1 atom stereocenters. The van der Waals surface area contributed by atoms with Crippen LogP contribution in [-0.4, -0.2) is 17.6 Å². The first kappa shape index (κ1) is 27.2. The number of unbranched alkanes of at least 4 members (excludes halogenated alkanes) is 13. The Morgan fingerprint density at radius 1 is 0.750 bits per heavy atom. The summed E-state index contributed by atoms with van der Waals surface area (Å²) in [5.41, 5.74) is 5.13. The van der Waals surface area contributed by atoms with Crippen LogP contribution in [0, 0.1) is 5.92 Å². The van der Waals surface area contributed by atoms with E-state index in [2.05, 4.69) is 19.1 Å². The van der Waals surface area contributed by atoms with Crippen LogP contribution in [-0.2, 0) is 4.79 Å². The summed E-state index contributed by atoms with van der Waals surface area (Å²) in [4.78, 5) is 10.6. The van der Waals surface area contributed by atoms with E-state index >= 15 is 0 Å². The molecule has 0 saturated heterocycles. The average molecular weight is 396 g/mol. The number of nitrogens with two attached hydrogens (primary N) is 1. The van der Waals surface area contributed by atoms with Gasteiger partial charge in [-0.25, -0.2) is 0 Å². The van der Waals surface area contributed by atoms with E-state index in [1.807, 2.05) is 0 Å². The highest BCUT2D eigenvalue weighted by Crippen LogP contribution is 2.17. The second kappa shape index (κ2) is 22.5. The van der Waals surface area contributed by atoms with Crippen LogP contribution in [0.3, 0.4) is 0 Å². The minimum absolute atomic E-state index is 0.172. The fourth-order valence-corrected chi connectivity index (χ4v) is 3.82. The second-order valence-corrected chi connectivity index (χ2v) is 8.49. The first-order chi connectivity index (χ1) is 13.7. The van der Waals surface area contributed by atoms with Crippen LogP contribution in [0.15, 0.2) is 12.2 Å². The third-order valence-electron chi connectivity index (χ3n) is 5.65. The second-order valence-electron chi connectivity index (χ2n) is 8.49. The zero-order valence-corrected chi connectivity index (χ0v) is 18.8. The lowest BCUT2D eigenvalue weighted by Crippen LogP contribution is -2.09. The molecule has 28 heavy (non-hydrogen) atoms. The maximum absolute atomic E-state index is 10.6. The summed E-state index contributed by atoms with van der Waals surface area (Å²) < 4.78 is 0. The maximum Gasteiger partial charge on any atom is 0.217 e. The summed E-state index contributed by atoms with van der Waals surface area (Å²) in [5.74, 6) is 0.377. The summed E-state index contributed by atoms with van der Waals surface area (Å²) >= 11 is 0. The molecule has 0 aromatic heterocycles. The van der Waals surface area contributed by atoms with Gasteiger partial charge >= 0.3 is 0 Å². The van der Waals surface area contributed by atoms with Gasteiger partial charge in [-0.05, 0) is 50.9 Å². The lowest BCUT2D eigenvalue weighted by atomic mass is 9.96. The molecule has 1 unspecified atom stereocenters. The van der Waals surface area contributed by atoms with Crippen LogP contribution in [0.4, 0.5) is 0 Å². The highest BCUT2D eigenvalue weighted by atomic mass is 16.3. The summed E-state index contributed by atoms with van der Waals surface area (Å²) in [6.07, 6.45) is 28.0. The van der Waals surface area contributed by atoms with Gasteiger partial charge in [0.2, 0.25) is 5.91 Å². The van der Waals surface area contributed by atoms with Crippen LogP contribution in [0.1, 0.15) is 129 Å². The SMILES string of the molecule is CCCC(CO)CCCCCCCCCCC/C=C\CCCCCCC(N)=O. The van der Waals surface area contributed by atoms with Gasteiger partial charge in [-0.15, -0.1) is 0 Å². The Kier molecular flexibility index (Phi) is 21.8.